The van der Waals surface area contributed by atoms with E-state index in [1.54, 1.807) is 0 Å². The highest BCUT2D eigenvalue weighted by Gasteiger charge is 2.54. The molecule has 0 spiro atoms. The summed E-state index contributed by atoms with van der Waals surface area (Å²) < 4.78 is 5.87. The van der Waals surface area contributed by atoms with Gasteiger partial charge in [-0.2, -0.15) is 0 Å². The Morgan fingerprint density at radius 3 is 2.29 bits per heavy atom. The fraction of sp³-hybridized carbons (Fsp3) is 0.200. The number of benzene rings is 2. The third-order valence-corrected chi connectivity index (χ3v) is 3.58. The van der Waals surface area contributed by atoms with Crippen LogP contribution in [0, 0.1) is 0 Å². The molecule has 0 radical (unpaired) electrons. The van der Waals surface area contributed by atoms with Crippen LogP contribution in [0.1, 0.15) is 24.2 Å². The highest BCUT2D eigenvalue weighted by molar-refractivity contribution is 6.30. The van der Waals surface area contributed by atoms with Gasteiger partial charge in [0, 0.05) is 5.02 Å². The van der Waals surface area contributed by atoms with E-state index < -0.39 is 0 Å². The van der Waals surface area contributed by atoms with Gasteiger partial charge >= 0.3 is 0 Å². The topological polar surface area (TPSA) is 12.5 Å². The van der Waals surface area contributed by atoms with Crippen molar-refractivity contribution in [3.8, 4) is 0 Å². The molecule has 1 fully saturated rings. The fourth-order valence-corrected chi connectivity index (χ4v) is 2.35. The van der Waals surface area contributed by atoms with Gasteiger partial charge < -0.3 is 4.74 Å². The van der Waals surface area contributed by atoms with E-state index in [0.717, 1.165) is 5.02 Å². The highest BCUT2D eigenvalue weighted by Crippen LogP contribution is 2.56. The summed E-state index contributed by atoms with van der Waals surface area (Å²) >= 11 is 5.89. The van der Waals surface area contributed by atoms with Crippen molar-refractivity contribution in [1.82, 2.24) is 0 Å². The maximum Gasteiger partial charge on any atom is 0.122 e. The van der Waals surface area contributed by atoms with E-state index in [1.165, 1.54) is 11.1 Å². The first kappa shape index (κ1) is 10.8. The molecule has 0 amide bonds. The van der Waals surface area contributed by atoms with Crippen molar-refractivity contribution >= 4 is 11.6 Å². The van der Waals surface area contributed by atoms with Gasteiger partial charge in [0.25, 0.3) is 0 Å². The molecule has 2 aromatic carbocycles. The quantitative estimate of drug-likeness (QED) is 0.717. The van der Waals surface area contributed by atoms with Gasteiger partial charge in [-0.3, -0.25) is 0 Å². The molecule has 2 heteroatoms. The molecule has 0 aliphatic carbocycles. The zero-order chi connectivity index (χ0) is 11.9. The molecular formula is C15H13ClO. The SMILES string of the molecule is CC1(c2ccc(Cl)cc2)OC1c1ccccc1. The monoisotopic (exact) mass is 244 g/mol. The lowest BCUT2D eigenvalue weighted by molar-refractivity contribution is 0.313. The Hall–Kier alpha value is -1.31. The zero-order valence-corrected chi connectivity index (χ0v) is 10.3. The summed E-state index contributed by atoms with van der Waals surface area (Å²) in [7, 11) is 0. The first-order valence-electron chi connectivity index (χ1n) is 5.69. The Labute approximate surface area is 106 Å². The second-order valence-electron chi connectivity index (χ2n) is 4.52. The summed E-state index contributed by atoms with van der Waals surface area (Å²) in [5.74, 6) is 0. The summed E-state index contributed by atoms with van der Waals surface area (Å²) in [4.78, 5) is 0. The van der Waals surface area contributed by atoms with Crippen LogP contribution in [-0.4, -0.2) is 0 Å². The Kier molecular flexibility index (Phi) is 2.46. The van der Waals surface area contributed by atoms with Gasteiger partial charge in [-0.25, -0.2) is 0 Å². The van der Waals surface area contributed by atoms with Gasteiger partial charge in [-0.05, 0) is 30.2 Å². The number of hydrogen-bond acceptors (Lipinski definition) is 1. The Morgan fingerprint density at radius 2 is 1.65 bits per heavy atom. The molecule has 3 rings (SSSR count). The van der Waals surface area contributed by atoms with Crippen molar-refractivity contribution in [3.63, 3.8) is 0 Å². The average molecular weight is 245 g/mol. The second-order valence-corrected chi connectivity index (χ2v) is 4.96. The summed E-state index contributed by atoms with van der Waals surface area (Å²) in [6.45, 7) is 2.12. The van der Waals surface area contributed by atoms with Gasteiger partial charge in [-0.15, -0.1) is 0 Å². The van der Waals surface area contributed by atoms with E-state index in [1.807, 2.05) is 42.5 Å². The number of halogens is 1. The van der Waals surface area contributed by atoms with Gasteiger partial charge in [0.1, 0.15) is 11.7 Å². The minimum Gasteiger partial charge on any atom is -0.356 e. The summed E-state index contributed by atoms with van der Waals surface area (Å²) in [5.41, 5.74) is 2.20. The lowest BCUT2D eigenvalue weighted by atomic mass is 9.94. The second kappa shape index (κ2) is 3.86. The number of rotatable bonds is 2. The molecule has 0 aromatic heterocycles. The van der Waals surface area contributed by atoms with E-state index in [0.29, 0.717) is 0 Å². The number of ether oxygens (including phenoxy) is 1. The van der Waals surface area contributed by atoms with Gasteiger partial charge in [0.2, 0.25) is 0 Å². The molecular weight excluding hydrogens is 232 g/mol. The van der Waals surface area contributed by atoms with Crippen molar-refractivity contribution in [3.05, 3.63) is 70.7 Å². The highest BCUT2D eigenvalue weighted by atomic mass is 35.5. The summed E-state index contributed by atoms with van der Waals surface area (Å²) in [5, 5.41) is 0.759. The number of epoxide rings is 1. The van der Waals surface area contributed by atoms with Crippen LogP contribution >= 0.6 is 11.6 Å². The lowest BCUT2D eigenvalue weighted by Crippen LogP contribution is -2.03. The van der Waals surface area contributed by atoms with E-state index >= 15 is 0 Å². The first-order valence-corrected chi connectivity index (χ1v) is 6.07. The molecule has 2 atom stereocenters. The minimum atomic E-state index is -0.202. The van der Waals surface area contributed by atoms with Crippen molar-refractivity contribution in [2.24, 2.45) is 0 Å². The van der Waals surface area contributed by atoms with Gasteiger partial charge in [-0.1, -0.05) is 54.1 Å². The molecule has 86 valence electrons. The Balaban J connectivity index is 1.89. The van der Waals surface area contributed by atoms with Crippen LogP contribution in [0.25, 0.3) is 0 Å². The van der Waals surface area contributed by atoms with Crippen LogP contribution in [-0.2, 0) is 10.3 Å². The zero-order valence-electron chi connectivity index (χ0n) is 9.56. The van der Waals surface area contributed by atoms with E-state index in [2.05, 4.69) is 19.1 Å². The largest absolute Gasteiger partial charge is 0.356 e. The fourth-order valence-electron chi connectivity index (χ4n) is 2.22. The molecule has 17 heavy (non-hydrogen) atoms. The molecule has 0 saturated carbocycles. The van der Waals surface area contributed by atoms with E-state index in [-0.39, 0.29) is 11.7 Å². The number of hydrogen-bond donors (Lipinski definition) is 0. The maximum atomic E-state index is 5.89. The van der Waals surface area contributed by atoms with Crippen LogP contribution < -0.4 is 0 Å². The molecule has 1 aliphatic rings. The first-order chi connectivity index (χ1) is 8.20. The molecule has 1 nitrogen and oxygen atoms in total. The molecule has 1 aliphatic heterocycles. The molecule has 0 bridgehead atoms. The van der Waals surface area contributed by atoms with Crippen molar-refractivity contribution in [2.75, 3.05) is 0 Å². The third-order valence-electron chi connectivity index (χ3n) is 3.33. The van der Waals surface area contributed by atoms with Crippen LogP contribution in [0.5, 0.6) is 0 Å². The summed E-state index contributed by atoms with van der Waals surface area (Å²) in [6, 6.07) is 18.2. The van der Waals surface area contributed by atoms with Crippen LogP contribution in [0.4, 0.5) is 0 Å². The van der Waals surface area contributed by atoms with E-state index in [9.17, 15) is 0 Å². The van der Waals surface area contributed by atoms with Crippen molar-refractivity contribution < 1.29 is 4.74 Å². The molecule has 0 N–H and O–H groups in total. The predicted octanol–water partition coefficient (Wildman–Crippen LogP) is 4.33. The third kappa shape index (κ3) is 1.86. The lowest BCUT2D eigenvalue weighted by Gasteiger charge is -2.07. The van der Waals surface area contributed by atoms with Gasteiger partial charge in [0.05, 0.1) is 0 Å². The molecule has 1 heterocycles. The Bertz CT molecular complexity index is 520. The maximum absolute atomic E-state index is 5.89. The molecule has 2 aromatic rings. The standard InChI is InChI=1S/C15H13ClO/c1-15(12-7-9-13(16)10-8-12)14(17-15)11-5-3-2-4-6-11/h2-10,14H,1H3. The predicted molar refractivity (Wildman–Crippen MR) is 69.1 cm³/mol. The van der Waals surface area contributed by atoms with Crippen LogP contribution in [0.2, 0.25) is 5.02 Å². The van der Waals surface area contributed by atoms with Crippen molar-refractivity contribution in [2.45, 2.75) is 18.6 Å². The average Bonchev–Trinajstić information content (AvgIpc) is 3.05. The normalized spacial score (nSPS) is 26.8. The van der Waals surface area contributed by atoms with Crippen LogP contribution in [0.15, 0.2) is 54.6 Å². The van der Waals surface area contributed by atoms with Crippen LogP contribution in [0.3, 0.4) is 0 Å². The Morgan fingerprint density at radius 1 is 1.00 bits per heavy atom. The molecule has 1 saturated heterocycles. The van der Waals surface area contributed by atoms with Gasteiger partial charge in [0.15, 0.2) is 0 Å². The summed E-state index contributed by atoms with van der Waals surface area (Å²) in [6.07, 6.45) is 0.157. The smallest absolute Gasteiger partial charge is 0.122 e. The van der Waals surface area contributed by atoms with Crippen molar-refractivity contribution in [1.29, 1.82) is 0 Å². The van der Waals surface area contributed by atoms with E-state index in [4.69, 9.17) is 16.3 Å². The molecule has 2 unspecified atom stereocenters. The minimum absolute atomic E-state index is 0.157.